The predicted molar refractivity (Wildman–Crippen MR) is 124 cm³/mol. The summed E-state index contributed by atoms with van der Waals surface area (Å²) >= 11 is 0. The van der Waals surface area contributed by atoms with E-state index in [1.807, 2.05) is 0 Å². The molecule has 9 heteroatoms. The van der Waals surface area contributed by atoms with Gasteiger partial charge >= 0.3 is 0 Å². The fraction of sp³-hybridized carbons (Fsp3) is 0.440. The van der Waals surface area contributed by atoms with Crippen molar-refractivity contribution >= 4 is 27.5 Å². The van der Waals surface area contributed by atoms with Gasteiger partial charge < -0.3 is 0 Å². The van der Waals surface area contributed by atoms with E-state index >= 15 is 0 Å². The largest absolute Gasteiger partial charge is 0.280 e. The fourth-order valence-corrected chi connectivity index (χ4v) is 7.67. The number of hydrogen-bond donors (Lipinski definition) is 3. The van der Waals surface area contributed by atoms with Crippen LogP contribution in [0.2, 0.25) is 0 Å². The fourth-order valence-electron chi connectivity index (χ4n) is 6.61. The minimum Gasteiger partial charge on any atom is -0.280 e. The maximum Gasteiger partial charge on any atom is 0.269 e. The van der Waals surface area contributed by atoms with E-state index in [0.29, 0.717) is 6.42 Å². The Morgan fingerprint density at radius 2 is 1.41 bits per heavy atom. The van der Waals surface area contributed by atoms with Crippen LogP contribution in [0.1, 0.15) is 55.3 Å². The number of rotatable bonds is 6. The Labute approximate surface area is 198 Å². The highest BCUT2D eigenvalue weighted by Gasteiger charge is 2.51. The second-order valence-electron chi connectivity index (χ2n) is 10.2. The molecule has 0 aromatic heterocycles. The quantitative estimate of drug-likeness (QED) is 0.538. The highest BCUT2D eigenvalue weighted by Crippen LogP contribution is 2.61. The van der Waals surface area contributed by atoms with E-state index in [4.69, 9.17) is 0 Å². The number of hydrogen-bond acceptors (Lipinski definition) is 4. The van der Waals surface area contributed by atoms with Gasteiger partial charge in [-0.25, -0.2) is 12.8 Å². The lowest BCUT2D eigenvalue weighted by atomic mass is 9.49. The Hall–Kier alpha value is -2.94. The lowest BCUT2D eigenvalue weighted by Crippen LogP contribution is -2.50. The number of benzene rings is 2. The summed E-state index contributed by atoms with van der Waals surface area (Å²) in [5.41, 5.74) is 5.65. The number of halogens is 1. The Balaban J connectivity index is 1.14. The van der Waals surface area contributed by atoms with E-state index < -0.39 is 21.7 Å². The average molecular weight is 486 g/mol. The average Bonchev–Trinajstić information content (AvgIpc) is 2.77. The van der Waals surface area contributed by atoms with Crippen LogP contribution in [0.25, 0.3) is 0 Å². The van der Waals surface area contributed by atoms with Gasteiger partial charge in [0.1, 0.15) is 5.82 Å². The summed E-state index contributed by atoms with van der Waals surface area (Å²) in [4.78, 5) is 25.0. The molecule has 0 saturated heterocycles. The molecule has 4 saturated carbocycles. The summed E-state index contributed by atoms with van der Waals surface area (Å²) in [5, 5.41) is 0. The zero-order chi connectivity index (χ0) is 23.9. The zero-order valence-electron chi connectivity index (χ0n) is 18.7. The van der Waals surface area contributed by atoms with Crippen LogP contribution in [0.15, 0.2) is 53.4 Å². The first-order valence-corrected chi connectivity index (χ1v) is 13.2. The molecule has 0 spiro atoms. The molecule has 7 nitrogen and oxygen atoms in total. The van der Waals surface area contributed by atoms with E-state index in [1.165, 1.54) is 55.7 Å². The Morgan fingerprint density at radius 1 is 0.853 bits per heavy atom. The predicted octanol–water partition coefficient (Wildman–Crippen LogP) is 3.99. The molecule has 2 aromatic carbocycles. The molecule has 34 heavy (non-hydrogen) atoms. The lowest BCUT2D eigenvalue weighted by Gasteiger charge is -2.56. The van der Waals surface area contributed by atoms with Crippen molar-refractivity contribution < 1.29 is 22.4 Å². The Kier molecular flexibility index (Phi) is 5.83. The molecule has 3 N–H and O–H groups in total. The summed E-state index contributed by atoms with van der Waals surface area (Å²) in [5.74, 6) is 1.10. The number of nitrogens with one attached hydrogen (secondary N) is 3. The van der Waals surface area contributed by atoms with Crippen LogP contribution >= 0.6 is 0 Å². The monoisotopic (exact) mass is 485 g/mol. The lowest BCUT2D eigenvalue weighted by molar-refractivity contribution is -0.130. The molecule has 0 aliphatic heterocycles. The van der Waals surface area contributed by atoms with Crippen molar-refractivity contribution in [1.82, 2.24) is 10.9 Å². The van der Waals surface area contributed by atoms with Crippen LogP contribution in [-0.4, -0.2) is 20.2 Å². The summed E-state index contributed by atoms with van der Waals surface area (Å²) in [6, 6.07) is 10.3. The van der Waals surface area contributed by atoms with Crippen molar-refractivity contribution in [2.45, 2.75) is 49.8 Å². The molecule has 0 radical (unpaired) electrons. The van der Waals surface area contributed by atoms with Gasteiger partial charge in [0.05, 0.1) is 4.90 Å². The van der Waals surface area contributed by atoms with Crippen LogP contribution in [0.4, 0.5) is 10.1 Å². The molecule has 4 bridgehead atoms. The number of hydrazine groups is 1. The topological polar surface area (TPSA) is 104 Å². The van der Waals surface area contributed by atoms with Gasteiger partial charge in [-0.1, -0.05) is 0 Å². The van der Waals surface area contributed by atoms with Gasteiger partial charge in [-0.2, -0.15) is 0 Å². The molecule has 6 rings (SSSR count). The highest BCUT2D eigenvalue weighted by molar-refractivity contribution is 7.92. The van der Waals surface area contributed by atoms with Crippen molar-refractivity contribution in [3.8, 4) is 0 Å². The Bertz CT molecular complexity index is 1160. The molecule has 2 aromatic rings. The van der Waals surface area contributed by atoms with Crippen molar-refractivity contribution in [2.75, 3.05) is 4.72 Å². The minimum absolute atomic E-state index is 0.0718. The van der Waals surface area contributed by atoms with Crippen molar-refractivity contribution in [3.05, 3.63) is 59.9 Å². The smallest absolute Gasteiger partial charge is 0.269 e. The highest BCUT2D eigenvalue weighted by atomic mass is 32.2. The maximum atomic E-state index is 13.0. The number of anilines is 1. The van der Waals surface area contributed by atoms with Crippen LogP contribution in [0.5, 0.6) is 0 Å². The standard InChI is InChI=1S/C25H28FN3O4S/c26-20-3-7-22(8-4-20)34(32,33)29-21-5-1-19(2-6-21)24(31)28-27-23(30)15-25-12-16-9-17(13-25)11-18(10-16)14-25/h1-8,16-18,29H,9-15H2,(H,27,30)(H,28,31). The van der Waals surface area contributed by atoms with E-state index in [2.05, 4.69) is 15.6 Å². The van der Waals surface area contributed by atoms with Gasteiger partial charge in [-0.05, 0) is 110 Å². The van der Waals surface area contributed by atoms with E-state index in [9.17, 15) is 22.4 Å². The number of carbonyl (C=O) groups is 2. The Morgan fingerprint density at radius 3 is 1.97 bits per heavy atom. The molecule has 4 aliphatic rings. The van der Waals surface area contributed by atoms with E-state index in [0.717, 1.165) is 49.1 Å². The second kappa shape index (κ2) is 8.69. The minimum atomic E-state index is -3.88. The second-order valence-corrected chi connectivity index (χ2v) is 11.9. The third kappa shape index (κ3) is 4.80. The van der Waals surface area contributed by atoms with Crippen molar-refractivity contribution in [3.63, 3.8) is 0 Å². The molecule has 180 valence electrons. The SMILES string of the molecule is O=C(CC12CC3CC(CC(C3)C1)C2)NNC(=O)c1ccc(NS(=O)(=O)c2ccc(F)cc2)cc1. The maximum absolute atomic E-state index is 13.0. The molecule has 0 unspecified atom stereocenters. The van der Waals surface area contributed by atoms with Gasteiger partial charge in [0.2, 0.25) is 5.91 Å². The third-order valence-electron chi connectivity index (χ3n) is 7.54. The molecule has 0 heterocycles. The number of sulfonamides is 1. The first kappa shape index (κ1) is 22.8. The normalized spacial score (nSPS) is 27.3. The van der Waals surface area contributed by atoms with Gasteiger partial charge in [0, 0.05) is 17.7 Å². The van der Waals surface area contributed by atoms with Gasteiger partial charge in [0.25, 0.3) is 15.9 Å². The zero-order valence-corrected chi connectivity index (χ0v) is 19.5. The van der Waals surface area contributed by atoms with Gasteiger partial charge in [-0.3, -0.25) is 25.2 Å². The van der Waals surface area contributed by atoms with E-state index in [-0.39, 0.29) is 27.5 Å². The van der Waals surface area contributed by atoms with Gasteiger partial charge in [-0.15, -0.1) is 0 Å². The summed E-state index contributed by atoms with van der Waals surface area (Å²) in [6.07, 6.45) is 7.75. The first-order valence-electron chi connectivity index (χ1n) is 11.7. The molecule has 4 fully saturated rings. The third-order valence-corrected chi connectivity index (χ3v) is 8.94. The summed E-state index contributed by atoms with van der Waals surface area (Å²) in [7, 11) is -3.88. The van der Waals surface area contributed by atoms with Crippen LogP contribution in [0.3, 0.4) is 0 Å². The van der Waals surface area contributed by atoms with Crippen molar-refractivity contribution in [2.24, 2.45) is 23.2 Å². The number of carbonyl (C=O) groups excluding carboxylic acids is 2. The number of amides is 2. The van der Waals surface area contributed by atoms with Gasteiger partial charge in [0.15, 0.2) is 0 Å². The summed E-state index contributed by atoms with van der Waals surface area (Å²) < 4.78 is 40.3. The van der Waals surface area contributed by atoms with E-state index in [1.54, 1.807) is 0 Å². The van der Waals surface area contributed by atoms with Crippen LogP contribution in [0, 0.1) is 29.0 Å². The molecular formula is C25H28FN3O4S. The molecular weight excluding hydrogens is 457 g/mol. The molecule has 2 amide bonds. The van der Waals surface area contributed by atoms with Crippen LogP contribution < -0.4 is 15.6 Å². The van der Waals surface area contributed by atoms with Crippen molar-refractivity contribution in [1.29, 1.82) is 0 Å². The summed E-state index contributed by atoms with van der Waals surface area (Å²) in [6.45, 7) is 0. The molecule has 0 atom stereocenters. The first-order chi connectivity index (χ1) is 16.2. The van der Waals surface area contributed by atoms with Crippen LogP contribution in [-0.2, 0) is 14.8 Å². The molecule has 4 aliphatic carbocycles.